The molecule has 0 aliphatic heterocycles. The summed E-state index contributed by atoms with van der Waals surface area (Å²) >= 11 is 0. The molecule has 1 aromatic carbocycles. The second-order valence-electron chi connectivity index (χ2n) is 6.12. The van der Waals surface area contributed by atoms with Gasteiger partial charge in [0.15, 0.2) is 5.82 Å². The highest BCUT2D eigenvalue weighted by Gasteiger charge is 2.17. The van der Waals surface area contributed by atoms with Crippen molar-refractivity contribution >= 4 is 16.7 Å². The molecule has 0 N–H and O–H groups in total. The zero-order valence-electron chi connectivity index (χ0n) is 14.4. The van der Waals surface area contributed by atoms with E-state index >= 15 is 0 Å². The Morgan fingerprint density at radius 1 is 1.21 bits per heavy atom. The van der Waals surface area contributed by atoms with E-state index in [1.54, 1.807) is 0 Å². The lowest BCUT2D eigenvalue weighted by Gasteiger charge is -2.20. The standard InChI is InChI=1S/C20H22FN3/c1-5-12-24-15(3)14(2)18-10-11-22-20(19(18)24)23(4)13-16-6-8-17(21)9-7-16/h5-11H,1,12-13H2,2-4H3. The molecule has 3 rings (SSSR count). The molecule has 0 fully saturated rings. The monoisotopic (exact) mass is 323 g/mol. The van der Waals surface area contributed by atoms with Crippen LogP contribution in [0.5, 0.6) is 0 Å². The van der Waals surface area contributed by atoms with Gasteiger partial charge in [-0.3, -0.25) is 0 Å². The normalized spacial score (nSPS) is 11.0. The van der Waals surface area contributed by atoms with Crippen LogP contribution in [0.4, 0.5) is 10.2 Å². The van der Waals surface area contributed by atoms with E-state index in [4.69, 9.17) is 0 Å². The van der Waals surface area contributed by atoms with Crippen LogP contribution < -0.4 is 4.90 Å². The molecule has 0 saturated heterocycles. The van der Waals surface area contributed by atoms with Crippen molar-refractivity contribution in [2.75, 3.05) is 11.9 Å². The molecule has 4 heteroatoms. The second kappa shape index (κ2) is 6.48. The molecular formula is C20H22FN3. The largest absolute Gasteiger partial charge is 0.354 e. The third kappa shape index (κ3) is 2.80. The van der Waals surface area contributed by atoms with Crippen molar-refractivity contribution in [2.45, 2.75) is 26.9 Å². The number of benzene rings is 1. The van der Waals surface area contributed by atoms with Crippen LogP contribution in [0.3, 0.4) is 0 Å². The van der Waals surface area contributed by atoms with E-state index < -0.39 is 0 Å². The minimum Gasteiger partial charge on any atom is -0.354 e. The number of pyridine rings is 1. The number of aryl methyl sites for hydroxylation is 1. The molecule has 0 spiro atoms. The molecule has 2 heterocycles. The van der Waals surface area contributed by atoms with E-state index in [0.717, 1.165) is 23.4 Å². The van der Waals surface area contributed by atoms with E-state index in [9.17, 15) is 4.39 Å². The maximum Gasteiger partial charge on any atom is 0.153 e. The van der Waals surface area contributed by atoms with Gasteiger partial charge in [0.25, 0.3) is 0 Å². The maximum absolute atomic E-state index is 13.1. The summed E-state index contributed by atoms with van der Waals surface area (Å²) in [6.07, 6.45) is 3.76. The number of allylic oxidation sites excluding steroid dienone is 1. The summed E-state index contributed by atoms with van der Waals surface area (Å²) in [6, 6.07) is 8.67. The van der Waals surface area contributed by atoms with Crippen LogP contribution in [-0.2, 0) is 13.1 Å². The zero-order chi connectivity index (χ0) is 17.3. The number of nitrogens with zero attached hydrogens (tertiary/aromatic N) is 3. The molecule has 0 amide bonds. The zero-order valence-corrected chi connectivity index (χ0v) is 14.4. The molecule has 3 aromatic rings. The molecule has 24 heavy (non-hydrogen) atoms. The minimum atomic E-state index is -0.215. The van der Waals surface area contributed by atoms with Crippen LogP contribution in [0.25, 0.3) is 10.9 Å². The van der Waals surface area contributed by atoms with Gasteiger partial charge >= 0.3 is 0 Å². The van der Waals surface area contributed by atoms with Crippen LogP contribution in [-0.4, -0.2) is 16.6 Å². The van der Waals surface area contributed by atoms with Gasteiger partial charge in [0.2, 0.25) is 0 Å². The van der Waals surface area contributed by atoms with Crippen molar-refractivity contribution in [3.05, 3.63) is 71.8 Å². The Morgan fingerprint density at radius 3 is 2.58 bits per heavy atom. The Bertz CT molecular complexity index is 878. The number of aromatic nitrogens is 2. The lowest BCUT2D eigenvalue weighted by atomic mass is 10.2. The van der Waals surface area contributed by atoms with Gasteiger partial charge < -0.3 is 9.47 Å². The fourth-order valence-corrected chi connectivity index (χ4v) is 3.15. The number of halogens is 1. The van der Waals surface area contributed by atoms with E-state index in [2.05, 4.69) is 40.9 Å². The molecule has 0 saturated carbocycles. The molecule has 0 radical (unpaired) electrons. The van der Waals surface area contributed by atoms with Crippen LogP contribution in [0.2, 0.25) is 0 Å². The van der Waals surface area contributed by atoms with Gasteiger partial charge in [-0.25, -0.2) is 9.37 Å². The van der Waals surface area contributed by atoms with Gasteiger partial charge in [-0.2, -0.15) is 0 Å². The predicted molar refractivity (Wildman–Crippen MR) is 97.9 cm³/mol. The smallest absolute Gasteiger partial charge is 0.153 e. The quantitative estimate of drug-likeness (QED) is 0.639. The fourth-order valence-electron chi connectivity index (χ4n) is 3.15. The summed E-state index contributed by atoms with van der Waals surface area (Å²) in [7, 11) is 2.01. The third-order valence-corrected chi connectivity index (χ3v) is 4.53. The summed E-state index contributed by atoms with van der Waals surface area (Å²) in [5.74, 6) is 0.711. The van der Waals surface area contributed by atoms with E-state index in [1.165, 1.54) is 28.8 Å². The average molecular weight is 323 g/mol. The highest BCUT2D eigenvalue weighted by atomic mass is 19.1. The highest BCUT2D eigenvalue weighted by molar-refractivity contribution is 5.93. The minimum absolute atomic E-state index is 0.215. The molecule has 0 aliphatic rings. The van der Waals surface area contributed by atoms with Crippen molar-refractivity contribution in [1.82, 2.24) is 9.55 Å². The molecule has 124 valence electrons. The SMILES string of the molecule is C=CCn1c(C)c(C)c2ccnc(N(C)Cc3ccc(F)cc3)c21. The summed E-state index contributed by atoms with van der Waals surface area (Å²) < 4.78 is 15.4. The fraction of sp³-hybridized carbons (Fsp3) is 0.250. The topological polar surface area (TPSA) is 21.1 Å². The molecule has 0 unspecified atom stereocenters. The number of rotatable bonds is 5. The van der Waals surface area contributed by atoms with Crippen molar-refractivity contribution in [3.8, 4) is 0 Å². The Hall–Kier alpha value is -2.62. The molecular weight excluding hydrogens is 301 g/mol. The summed E-state index contributed by atoms with van der Waals surface area (Å²) in [6.45, 7) is 9.56. The van der Waals surface area contributed by atoms with Crippen LogP contribution >= 0.6 is 0 Å². The first kappa shape index (κ1) is 16.2. The number of anilines is 1. The lowest BCUT2D eigenvalue weighted by Crippen LogP contribution is -2.19. The molecule has 3 nitrogen and oxygen atoms in total. The Labute approximate surface area is 142 Å². The first-order chi connectivity index (χ1) is 11.5. The highest BCUT2D eigenvalue weighted by Crippen LogP contribution is 2.31. The van der Waals surface area contributed by atoms with Gasteiger partial charge in [-0.1, -0.05) is 18.2 Å². The summed E-state index contributed by atoms with van der Waals surface area (Å²) in [5.41, 5.74) is 4.67. The van der Waals surface area contributed by atoms with E-state index in [-0.39, 0.29) is 5.82 Å². The van der Waals surface area contributed by atoms with Crippen molar-refractivity contribution < 1.29 is 4.39 Å². The Morgan fingerprint density at radius 2 is 1.92 bits per heavy atom. The summed E-state index contributed by atoms with van der Waals surface area (Å²) in [5, 5.41) is 1.21. The van der Waals surface area contributed by atoms with Gasteiger partial charge in [0.05, 0.1) is 5.52 Å². The molecule has 0 atom stereocenters. The summed E-state index contributed by atoms with van der Waals surface area (Å²) in [4.78, 5) is 6.72. The maximum atomic E-state index is 13.1. The van der Waals surface area contributed by atoms with Gasteiger partial charge in [0.1, 0.15) is 5.82 Å². The van der Waals surface area contributed by atoms with Crippen LogP contribution in [0.15, 0.2) is 49.2 Å². The van der Waals surface area contributed by atoms with E-state index in [0.29, 0.717) is 6.54 Å². The second-order valence-corrected chi connectivity index (χ2v) is 6.12. The number of hydrogen-bond donors (Lipinski definition) is 0. The van der Waals surface area contributed by atoms with Gasteiger partial charge in [-0.05, 0) is 43.2 Å². The predicted octanol–water partition coefficient (Wildman–Crippen LogP) is 4.61. The lowest BCUT2D eigenvalue weighted by molar-refractivity contribution is 0.627. The number of fused-ring (bicyclic) bond motifs is 1. The van der Waals surface area contributed by atoms with Crippen LogP contribution in [0.1, 0.15) is 16.8 Å². The van der Waals surface area contributed by atoms with Crippen molar-refractivity contribution in [2.24, 2.45) is 0 Å². The first-order valence-electron chi connectivity index (χ1n) is 8.03. The van der Waals surface area contributed by atoms with Gasteiger partial charge in [-0.15, -0.1) is 6.58 Å². The van der Waals surface area contributed by atoms with Crippen LogP contribution in [0, 0.1) is 19.7 Å². The Balaban J connectivity index is 2.06. The molecule has 0 aliphatic carbocycles. The van der Waals surface area contributed by atoms with E-state index in [1.807, 2.05) is 31.5 Å². The van der Waals surface area contributed by atoms with Crippen molar-refractivity contribution in [3.63, 3.8) is 0 Å². The van der Waals surface area contributed by atoms with Crippen molar-refractivity contribution in [1.29, 1.82) is 0 Å². The first-order valence-corrected chi connectivity index (χ1v) is 8.03. The average Bonchev–Trinajstić information content (AvgIpc) is 2.82. The van der Waals surface area contributed by atoms with Gasteiger partial charge in [0, 0.05) is 37.4 Å². The number of hydrogen-bond acceptors (Lipinski definition) is 2. The third-order valence-electron chi connectivity index (χ3n) is 4.53. The Kier molecular flexibility index (Phi) is 4.38. The molecule has 0 bridgehead atoms. The molecule has 2 aromatic heterocycles.